The third-order valence-electron chi connectivity index (χ3n) is 3.90. The van der Waals surface area contributed by atoms with E-state index >= 15 is 0 Å². The van der Waals surface area contributed by atoms with Crippen molar-refractivity contribution in [3.05, 3.63) is 71.8 Å². The van der Waals surface area contributed by atoms with Crippen LogP contribution in [-0.2, 0) is 9.59 Å². The van der Waals surface area contributed by atoms with Crippen LogP contribution in [0.4, 0.5) is 0 Å². The Morgan fingerprint density at radius 3 is 1.38 bits per heavy atom. The highest BCUT2D eigenvalue weighted by Crippen LogP contribution is 2.15. The van der Waals surface area contributed by atoms with Crippen LogP contribution in [0.2, 0.25) is 0 Å². The number of hydrogen-bond acceptors (Lipinski definition) is 4. The summed E-state index contributed by atoms with van der Waals surface area (Å²) in [4.78, 5) is 21.4. The second-order valence-electron chi connectivity index (χ2n) is 6.17. The SMILES string of the molecule is O=C(Cl)/C=C/c1ccc(OCCCCCOc2ccc(/C=C/C(=O)Cl)cc2)cc1. The van der Waals surface area contributed by atoms with Crippen molar-refractivity contribution >= 4 is 45.8 Å². The molecular weight excluding hydrogens is 411 g/mol. The van der Waals surface area contributed by atoms with Crippen molar-refractivity contribution in [1.82, 2.24) is 0 Å². The predicted octanol–water partition coefficient (Wildman–Crippen LogP) is 5.87. The minimum Gasteiger partial charge on any atom is -0.494 e. The zero-order valence-electron chi connectivity index (χ0n) is 15.9. The minimum atomic E-state index is -0.497. The molecule has 0 aliphatic carbocycles. The van der Waals surface area contributed by atoms with Gasteiger partial charge >= 0.3 is 0 Å². The van der Waals surface area contributed by atoms with Gasteiger partial charge in [-0.15, -0.1) is 0 Å². The standard InChI is InChI=1S/C23H22Cl2O4/c24-22(26)14-8-18-4-10-20(11-5-18)28-16-2-1-3-17-29-21-12-6-19(7-13-21)9-15-23(25)27/h4-15H,1-3,16-17H2/b14-8+,15-9+. The van der Waals surface area contributed by atoms with E-state index in [1.807, 2.05) is 48.5 Å². The molecule has 0 radical (unpaired) electrons. The Hall–Kier alpha value is -2.56. The monoisotopic (exact) mass is 432 g/mol. The first kappa shape index (κ1) is 22.7. The maximum atomic E-state index is 10.7. The van der Waals surface area contributed by atoms with Gasteiger partial charge in [0, 0.05) is 0 Å². The Morgan fingerprint density at radius 2 is 1.03 bits per heavy atom. The first-order chi connectivity index (χ1) is 14.0. The number of carbonyl (C=O) groups is 2. The van der Waals surface area contributed by atoms with Crippen LogP contribution in [0, 0.1) is 0 Å². The molecule has 0 saturated carbocycles. The first-order valence-corrected chi connectivity index (χ1v) is 9.99. The molecule has 0 saturated heterocycles. The summed E-state index contributed by atoms with van der Waals surface area (Å²) in [6.07, 6.45) is 8.80. The average molecular weight is 433 g/mol. The summed E-state index contributed by atoms with van der Waals surface area (Å²) in [6.45, 7) is 1.27. The lowest BCUT2D eigenvalue weighted by Gasteiger charge is -2.08. The Kier molecular flexibility index (Phi) is 10.0. The predicted molar refractivity (Wildman–Crippen MR) is 118 cm³/mol. The zero-order valence-corrected chi connectivity index (χ0v) is 17.4. The number of hydrogen-bond donors (Lipinski definition) is 0. The molecule has 0 bridgehead atoms. The highest BCUT2D eigenvalue weighted by molar-refractivity contribution is 6.67. The van der Waals surface area contributed by atoms with Crippen LogP contribution in [0.15, 0.2) is 60.7 Å². The summed E-state index contributed by atoms with van der Waals surface area (Å²) in [5.41, 5.74) is 1.78. The van der Waals surface area contributed by atoms with Crippen molar-refractivity contribution < 1.29 is 19.1 Å². The summed E-state index contributed by atoms with van der Waals surface area (Å²) in [5.74, 6) is 1.58. The summed E-state index contributed by atoms with van der Waals surface area (Å²) < 4.78 is 11.4. The molecule has 0 amide bonds. The fourth-order valence-corrected chi connectivity index (χ4v) is 2.56. The number of halogens is 2. The Bertz CT molecular complexity index is 769. The number of ether oxygens (including phenoxy) is 2. The molecule has 2 aromatic rings. The maximum absolute atomic E-state index is 10.7. The van der Waals surface area contributed by atoms with Crippen molar-refractivity contribution in [2.75, 3.05) is 13.2 Å². The van der Waals surface area contributed by atoms with Gasteiger partial charge < -0.3 is 9.47 Å². The Balaban J connectivity index is 1.58. The molecular formula is C23H22Cl2O4. The molecule has 0 atom stereocenters. The molecule has 4 nitrogen and oxygen atoms in total. The number of unbranched alkanes of at least 4 members (excludes halogenated alkanes) is 2. The molecule has 2 aromatic carbocycles. The van der Waals surface area contributed by atoms with Crippen LogP contribution in [0.3, 0.4) is 0 Å². The minimum absolute atomic E-state index is 0.497. The summed E-state index contributed by atoms with van der Waals surface area (Å²) in [6, 6.07) is 14.9. The van der Waals surface area contributed by atoms with Crippen molar-refractivity contribution in [3.63, 3.8) is 0 Å². The summed E-state index contributed by atoms with van der Waals surface area (Å²) in [5, 5.41) is -0.994. The third kappa shape index (κ3) is 9.97. The second kappa shape index (κ2) is 12.8. The van der Waals surface area contributed by atoms with Gasteiger partial charge in [-0.1, -0.05) is 36.4 Å². The van der Waals surface area contributed by atoms with Gasteiger partial charge in [0.05, 0.1) is 13.2 Å². The number of allylic oxidation sites excluding steroid dienone is 2. The molecule has 2 rings (SSSR count). The van der Waals surface area contributed by atoms with Gasteiger partial charge in [0.25, 0.3) is 0 Å². The summed E-state index contributed by atoms with van der Waals surface area (Å²) >= 11 is 10.5. The fraction of sp³-hybridized carbons (Fsp3) is 0.217. The van der Waals surface area contributed by atoms with E-state index in [4.69, 9.17) is 32.7 Å². The quantitative estimate of drug-likeness (QED) is 0.239. The van der Waals surface area contributed by atoms with Crippen LogP contribution < -0.4 is 9.47 Å². The maximum Gasteiger partial charge on any atom is 0.245 e. The topological polar surface area (TPSA) is 52.6 Å². The second-order valence-corrected chi connectivity index (χ2v) is 6.92. The van der Waals surface area contributed by atoms with Crippen LogP contribution in [0.5, 0.6) is 11.5 Å². The van der Waals surface area contributed by atoms with Crippen molar-refractivity contribution in [3.8, 4) is 11.5 Å². The number of benzene rings is 2. The molecule has 0 N–H and O–H groups in total. The fourth-order valence-electron chi connectivity index (χ4n) is 2.43. The van der Waals surface area contributed by atoms with Crippen molar-refractivity contribution in [1.29, 1.82) is 0 Å². The van der Waals surface area contributed by atoms with Gasteiger partial charge in [-0.05, 0) is 90.0 Å². The molecule has 0 fully saturated rings. The molecule has 0 aliphatic rings. The molecule has 29 heavy (non-hydrogen) atoms. The molecule has 0 spiro atoms. The highest BCUT2D eigenvalue weighted by atomic mass is 35.5. The van der Waals surface area contributed by atoms with E-state index in [1.54, 1.807) is 12.2 Å². The highest BCUT2D eigenvalue weighted by Gasteiger charge is 1.97. The van der Waals surface area contributed by atoms with Crippen molar-refractivity contribution in [2.24, 2.45) is 0 Å². The van der Waals surface area contributed by atoms with E-state index in [2.05, 4.69) is 0 Å². The van der Waals surface area contributed by atoms with E-state index in [0.717, 1.165) is 41.9 Å². The Morgan fingerprint density at radius 1 is 0.655 bits per heavy atom. The van der Waals surface area contributed by atoms with Gasteiger partial charge in [0.2, 0.25) is 10.5 Å². The molecule has 152 valence electrons. The molecule has 6 heteroatoms. The van der Waals surface area contributed by atoms with Gasteiger partial charge in [-0.2, -0.15) is 0 Å². The van der Waals surface area contributed by atoms with E-state index in [1.165, 1.54) is 12.2 Å². The van der Waals surface area contributed by atoms with Crippen LogP contribution in [0.1, 0.15) is 30.4 Å². The van der Waals surface area contributed by atoms with Crippen LogP contribution in [-0.4, -0.2) is 23.7 Å². The number of rotatable bonds is 12. The largest absolute Gasteiger partial charge is 0.494 e. The molecule has 0 heterocycles. The van der Waals surface area contributed by atoms with E-state index < -0.39 is 10.5 Å². The molecule has 0 aromatic heterocycles. The van der Waals surface area contributed by atoms with E-state index in [-0.39, 0.29) is 0 Å². The number of carbonyl (C=O) groups excluding carboxylic acids is 2. The normalized spacial score (nSPS) is 11.1. The lowest BCUT2D eigenvalue weighted by molar-refractivity contribution is -0.108. The molecule has 0 aliphatic heterocycles. The first-order valence-electron chi connectivity index (χ1n) is 9.24. The molecule has 0 unspecified atom stereocenters. The third-order valence-corrected chi connectivity index (χ3v) is 4.15. The van der Waals surface area contributed by atoms with Crippen molar-refractivity contribution in [2.45, 2.75) is 19.3 Å². The van der Waals surface area contributed by atoms with E-state index in [9.17, 15) is 9.59 Å². The van der Waals surface area contributed by atoms with Gasteiger partial charge in [0.15, 0.2) is 0 Å². The van der Waals surface area contributed by atoms with Gasteiger partial charge in [-0.25, -0.2) is 0 Å². The van der Waals surface area contributed by atoms with Gasteiger partial charge in [-0.3, -0.25) is 9.59 Å². The lowest BCUT2D eigenvalue weighted by Crippen LogP contribution is -2.01. The average Bonchev–Trinajstić information content (AvgIpc) is 2.71. The van der Waals surface area contributed by atoms with Crippen LogP contribution in [0.25, 0.3) is 12.2 Å². The van der Waals surface area contributed by atoms with Gasteiger partial charge in [0.1, 0.15) is 11.5 Å². The zero-order chi connectivity index (χ0) is 20.9. The Labute approximate surface area is 180 Å². The summed E-state index contributed by atoms with van der Waals surface area (Å²) in [7, 11) is 0. The smallest absolute Gasteiger partial charge is 0.245 e. The van der Waals surface area contributed by atoms with Crippen LogP contribution >= 0.6 is 23.2 Å². The lowest BCUT2D eigenvalue weighted by atomic mass is 10.2. The van der Waals surface area contributed by atoms with E-state index in [0.29, 0.717) is 13.2 Å².